The zero-order valence-corrected chi connectivity index (χ0v) is 9.55. The van der Waals surface area contributed by atoms with Crippen LogP contribution in [0, 0.1) is 0 Å². The molecule has 16 heavy (non-hydrogen) atoms. The highest BCUT2D eigenvalue weighted by molar-refractivity contribution is 7.99. The van der Waals surface area contributed by atoms with Gasteiger partial charge in [0.15, 0.2) is 0 Å². The van der Waals surface area contributed by atoms with Crippen molar-refractivity contribution >= 4 is 17.7 Å². The van der Waals surface area contributed by atoms with E-state index in [1.165, 1.54) is 0 Å². The van der Waals surface area contributed by atoms with Crippen LogP contribution in [0.2, 0.25) is 0 Å². The summed E-state index contributed by atoms with van der Waals surface area (Å²) in [4.78, 5) is 12.5. The van der Waals surface area contributed by atoms with Crippen LogP contribution < -0.4 is 4.74 Å². The van der Waals surface area contributed by atoms with Crippen LogP contribution in [-0.2, 0) is 10.2 Å². The molecule has 1 aromatic rings. The summed E-state index contributed by atoms with van der Waals surface area (Å²) in [5.74, 6) is 0.776. The Kier molecular flexibility index (Phi) is 2.14. The van der Waals surface area contributed by atoms with Crippen LogP contribution >= 0.6 is 11.8 Å². The Morgan fingerprint density at radius 1 is 1.44 bits per heavy atom. The molecular weight excluding hydrogens is 224 g/mol. The molecule has 4 heteroatoms. The first kappa shape index (κ1) is 10.0. The normalized spacial score (nSPS) is 20.8. The predicted octanol–water partition coefficient (Wildman–Crippen LogP) is 2.63. The fraction of sp³-hybridized carbons (Fsp3) is 0.417. The number of hydrogen-bond donors (Lipinski definition) is 1. The van der Waals surface area contributed by atoms with Crippen LogP contribution in [-0.4, -0.2) is 17.0 Å². The minimum Gasteiger partial charge on any atom is -0.481 e. The van der Waals surface area contributed by atoms with E-state index >= 15 is 0 Å². The molecule has 0 spiro atoms. The first-order valence-electron chi connectivity index (χ1n) is 5.36. The van der Waals surface area contributed by atoms with Crippen molar-refractivity contribution in [2.75, 3.05) is 5.94 Å². The zero-order valence-electron chi connectivity index (χ0n) is 8.73. The van der Waals surface area contributed by atoms with Gasteiger partial charge in [0.25, 0.3) is 0 Å². The molecule has 0 atom stereocenters. The van der Waals surface area contributed by atoms with Crippen LogP contribution in [0.15, 0.2) is 23.1 Å². The minimum absolute atomic E-state index is 0.638. The molecule has 1 aromatic carbocycles. The number of carbonyl (C=O) groups is 1. The van der Waals surface area contributed by atoms with E-state index in [2.05, 4.69) is 0 Å². The van der Waals surface area contributed by atoms with E-state index < -0.39 is 11.4 Å². The highest BCUT2D eigenvalue weighted by Crippen LogP contribution is 2.47. The average molecular weight is 236 g/mol. The van der Waals surface area contributed by atoms with Gasteiger partial charge >= 0.3 is 5.97 Å². The highest BCUT2D eigenvalue weighted by atomic mass is 32.2. The first-order chi connectivity index (χ1) is 7.72. The number of carboxylic acids is 1. The molecule has 0 radical (unpaired) electrons. The van der Waals surface area contributed by atoms with Gasteiger partial charge in [-0.05, 0) is 30.5 Å². The largest absolute Gasteiger partial charge is 0.481 e. The molecule has 1 heterocycles. The number of rotatable bonds is 2. The summed E-state index contributed by atoms with van der Waals surface area (Å²) < 4.78 is 5.45. The van der Waals surface area contributed by atoms with Crippen LogP contribution in [0.5, 0.6) is 5.75 Å². The Labute approximate surface area is 97.8 Å². The van der Waals surface area contributed by atoms with Crippen molar-refractivity contribution in [2.24, 2.45) is 0 Å². The Hall–Kier alpha value is -1.16. The fourth-order valence-corrected chi connectivity index (χ4v) is 3.09. The summed E-state index contributed by atoms with van der Waals surface area (Å²) in [6.45, 7) is 0. The van der Waals surface area contributed by atoms with E-state index in [1.807, 2.05) is 18.2 Å². The maximum atomic E-state index is 11.4. The lowest BCUT2D eigenvalue weighted by Gasteiger charge is -2.38. The van der Waals surface area contributed by atoms with Gasteiger partial charge in [0.2, 0.25) is 0 Å². The topological polar surface area (TPSA) is 46.5 Å². The molecule has 1 N–H and O–H groups in total. The average Bonchev–Trinajstić information content (AvgIpc) is 2.62. The first-order valence-corrected chi connectivity index (χ1v) is 6.34. The monoisotopic (exact) mass is 236 g/mol. The molecule has 1 aliphatic carbocycles. The lowest BCUT2D eigenvalue weighted by atomic mass is 9.64. The van der Waals surface area contributed by atoms with Crippen molar-refractivity contribution in [3.8, 4) is 5.75 Å². The fourth-order valence-electron chi connectivity index (χ4n) is 2.35. The number of aliphatic carboxylic acids is 1. The number of ether oxygens (including phenoxy) is 1. The molecule has 1 saturated carbocycles. The molecule has 1 aliphatic heterocycles. The third-order valence-corrected chi connectivity index (χ3v) is 4.43. The molecule has 3 rings (SSSR count). The SMILES string of the molecule is O=C(O)C1(c2ccc3c(c2)OCS3)CCC1. The Bertz CT molecular complexity index is 452. The number of hydrogen-bond acceptors (Lipinski definition) is 3. The number of fused-ring (bicyclic) bond motifs is 1. The lowest BCUT2D eigenvalue weighted by molar-refractivity contribution is -0.147. The summed E-state index contributed by atoms with van der Waals surface area (Å²) in [6.07, 6.45) is 2.49. The van der Waals surface area contributed by atoms with E-state index in [-0.39, 0.29) is 0 Å². The van der Waals surface area contributed by atoms with Crippen molar-refractivity contribution in [1.29, 1.82) is 0 Å². The standard InChI is InChI=1S/C12H12O3S/c13-11(14)12(4-1-5-12)8-2-3-10-9(6-8)15-7-16-10/h2-3,6H,1,4-5,7H2,(H,13,14). The van der Waals surface area contributed by atoms with Crippen LogP contribution in [0.4, 0.5) is 0 Å². The molecular formula is C12H12O3S. The summed E-state index contributed by atoms with van der Waals surface area (Å²) >= 11 is 1.65. The van der Waals surface area contributed by atoms with Crippen molar-refractivity contribution in [2.45, 2.75) is 29.6 Å². The van der Waals surface area contributed by atoms with E-state index in [0.717, 1.165) is 35.5 Å². The van der Waals surface area contributed by atoms with Crippen LogP contribution in [0.1, 0.15) is 24.8 Å². The Morgan fingerprint density at radius 2 is 2.25 bits per heavy atom. The van der Waals surface area contributed by atoms with Crippen molar-refractivity contribution < 1.29 is 14.6 Å². The van der Waals surface area contributed by atoms with Crippen molar-refractivity contribution in [1.82, 2.24) is 0 Å². The second-order valence-corrected chi connectivity index (χ2v) is 5.27. The second-order valence-electron chi connectivity index (χ2n) is 4.31. The molecule has 0 unspecified atom stereocenters. The molecule has 1 fully saturated rings. The van der Waals surface area contributed by atoms with Crippen molar-refractivity contribution in [3.05, 3.63) is 23.8 Å². The van der Waals surface area contributed by atoms with Gasteiger partial charge in [-0.1, -0.05) is 24.2 Å². The van der Waals surface area contributed by atoms with E-state index in [4.69, 9.17) is 4.74 Å². The Balaban J connectivity index is 2.03. The second kappa shape index (κ2) is 3.42. The zero-order chi connectivity index (χ0) is 11.2. The highest BCUT2D eigenvalue weighted by Gasteiger charge is 2.46. The number of carboxylic acid groups (broad SMARTS) is 1. The summed E-state index contributed by atoms with van der Waals surface area (Å²) in [6, 6.07) is 5.82. The maximum absolute atomic E-state index is 11.4. The summed E-state index contributed by atoms with van der Waals surface area (Å²) in [7, 11) is 0. The van der Waals surface area contributed by atoms with Gasteiger partial charge in [-0.2, -0.15) is 0 Å². The molecule has 2 aliphatic rings. The molecule has 0 bridgehead atoms. The lowest BCUT2D eigenvalue weighted by Crippen LogP contribution is -2.42. The molecule has 84 valence electrons. The molecule has 0 aromatic heterocycles. The maximum Gasteiger partial charge on any atom is 0.314 e. The van der Waals surface area contributed by atoms with E-state index in [9.17, 15) is 9.90 Å². The van der Waals surface area contributed by atoms with Gasteiger partial charge in [-0.15, -0.1) is 0 Å². The molecule has 3 nitrogen and oxygen atoms in total. The Morgan fingerprint density at radius 3 is 2.88 bits per heavy atom. The number of thioether (sulfide) groups is 1. The smallest absolute Gasteiger partial charge is 0.314 e. The molecule has 0 amide bonds. The third-order valence-electron chi connectivity index (χ3n) is 3.54. The van der Waals surface area contributed by atoms with Gasteiger partial charge in [0.05, 0.1) is 10.3 Å². The minimum atomic E-state index is -0.704. The molecule has 0 saturated heterocycles. The van der Waals surface area contributed by atoms with Gasteiger partial charge in [-0.25, -0.2) is 0 Å². The van der Waals surface area contributed by atoms with Crippen molar-refractivity contribution in [3.63, 3.8) is 0 Å². The summed E-state index contributed by atoms with van der Waals surface area (Å²) in [5, 5.41) is 9.34. The van der Waals surface area contributed by atoms with Gasteiger partial charge in [-0.3, -0.25) is 4.79 Å². The van der Waals surface area contributed by atoms with Crippen LogP contribution in [0.3, 0.4) is 0 Å². The van der Waals surface area contributed by atoms with Crippen LogP contribution in [0.25, 0.3) is 0 Å². The van der Waals surface area contributed by atoms with E-state index in [0.29, 0.717) is 5.94 Å². The quantitative estimate of drug-likeness (QED) is 0.857. The summed E-state index contributed by atoms with van der Waals surface area (Å²) in [5.41, 5.74) is 0.249. The van der Waals surface area contributed by atoms with Gasteiger partial charge in [0, 0.05) is 0 Å². The third kappa shape index (κ3) is 1.26. The van der Waals surface area contributed by atoms with E-state index in [1.54, 1.807) is 11.8 Å². The van der Waals surface area contributed by atoms with Gasteiger partial charge in [0.1, 0.15) is 11.7 Å². The predicted molar refractivity (Wildman–Crippen MR) is 61.0 cm³/mol. The number of benzene rings is 1. The van der Waals surface area contributed by atoms with Gasteiger partial charge < -0.3 is 9.84 Å².